The van der Waals surface area contributed by atoms with Gasteiger partial charge in [0.25, 0.3) is 0 Å². The van der Waals surface area contributed by atoms with Gasteiger partial charge in [-0.3, -0.25) is 9.69 Å². The average molecular weight is 334 g/mol. The third kappa shape index (κ3) is 3.06. The van der Waals surface area contributed by atoms with Gasteiger partial charge in [-0.25, -0.2) is 4.68 Å². The van der Waals surface area contributed by atoms with Crippen LogP contribution >= 0.6 is 0 Å². The molecule has 1 saturated heterocycles. The van der Waals surface area contributed by atoms with E-state index in [1.165, 1.54) is 12.8 Å². The molecule has 2 fully saturated rings. The van der Waals surface area contributed by atoms with Gasteiger partial charge in [0.05, 0.1) is 6.04 Å². The molecule has 1 aliphatic heterocycles. The molecule has 1 aliphatic carbocycles. The highest BCUT2D eigenvalue weighted by Gasteiger charge is 2.47. The number of aromatic nitrogens is 4. The van der Waals surface area contributed by atoms with Gasteiger partial charge in [-0.1, -0.05) is 26.7 Å². The van der Waals surface area contributed by atoms with E-state index < -0.39 is 0 Å². The van der Waals surface area contributed by atoms with Gasteiger partial charge >= 0.3 is 0 Å². The molecule has 2 aliphatic rings. The van der Waals surface area contributed by atoms with Crippen molar-refractivity contribution in [2.24, 2.45) is 5.92 Å². The normalized spacial score (nSPS) is 25.3. The van der Waals surface area contributed by atoms with Gasteiger partial charge in [-0.2, -0.15) is 0 Å². The number of likely N-dealkylation sites (tertiary alicyclic amines) is 1. The van der Waals surface area contributed by atoms with Crippen LogP contribution in [0, 0.1) is 5.92 Å². The summed E-state index contributed by atoms with van der Waals surface area (Å²) in [4.78, 5) is 16.7. The Morgan fingerprint density at radius 1 is 1.33 bits per heavy atom. The second-order valence-electron chi connectivity index (χ2n) is 7.97. The smallest absolute Gasteiger partial charge is 0.222 e. The summed E-state index contributed by atoms with van der Waals surface area (Å²) in [7, 11) is 4.15. The first-order chi connectivity index (χ1) is 11.4. The van der Waals surface area contributed by atoms with Crippen molar-refractivity contribution in [1.29, 1.82) is 0 Å². The molecule has 1 saturated carbocycles. The minimum atomic E-state index is -0.279. The molecule has 24 heavy (non-hydrogen) atoms. The molecular formula is C17H30N6O. The fourth-order valence-corrected chi connectivity index (χ4v) is 4.13. The molecule has 7 heteroatoms. The van der Waals surface area contributed by atoms with Crippen LogP contribution in [0.4, 0.5) is 0 Å². The Bertz CT molecular complexity index is 577. The second kappa shape index (κ2) is 6.78. The van der Waals surface area contributed by atoms with Crippen molar-refractivity contribution in [3.8, 4) is 0 Å². The fourth-order valence-electron chi connectivity index (χ4n) is 4.13. The van der Waals surface area contributed by atoms with E-state index in [4.69, 9.17) is 0 Å². The number of carbonyl (C=O) groups is 1. The van der Waals surface area contributed by atoms with Gasteiger partial charge in [0, 0.05) is 19.5 Å². The second-order valence-corrected chi connectivity index (χ2v) is 7.97. The lowest BCUT2D eigenvalue weighted by Crippen LogP contribution is -2.47. The van der Waals surface area contributed by atoms with Crippen molar-refractivity contribution in [2.45, 2.75) is 64.0 Å². The zero-order valence-electron chi connectivity index (χ0n) is 15.4. The van der Waals surface area contributed by atoms with E-state index in [-0.39, 0.29) is 11.4 Å². The molecule has 0 radical (unpaired) electrons. The van der Waals surface area contributed by atoms with E-state index in [2.05, 4.69) is 48.4 Å². The van der Waals surface area contributed by atoms with Crippen molar-refractivity contribution in [3.63, 3.8) is 0 Å². The highest BCUT2D eigenvalue weighted by molar-refractivity contribution is 5.76. The van der Waals surface area contributed by atoms with Crippen molar-refractivity contribution in [3.05, 3.63) is 5.82 Å². The molecule has 0 spiro atoms. The molecule has 1 unspecified atom stereocenters. The van der Waals surface area contributed by atoms with Gasteiger partial charge in [0.2, 0.25) is 5.91 Å². The van der Waals surface area contributed by atoms with E-state index >= 15 is 0 Å². The monoisotopic (exact) mass is 334 g/mol. The van der Waals surface area contributed by atoms with Gasteiger partial charge < -0.3 is 4.90 Å². The Balaban J connectivity index is 1.86. The van der Waals surface area contributed by atoms with Gasteiger partial charge in [-0.15, -0.1) is 5.10 Å². The molecular weight excluding hydrogens is 304 g/mol. The highest BCUT2D eigenvalue weighted by Crippen LogP contribution is 2.38. The third-order valence-corrected chi connectivity index (χ3v) is 5.62. The summed E-state index contributed by atoms with van der Waals surface area (Å²) < 4.78 is 2.05. The maximum atomic E-state index is 12.5. The predicted molar refractivity (Wildman–Crippen MR) is 91.3 cm³/mol. The highest BCUT2D eigenvalue weighted by atomic mass is 16.2. The van der Waals surface area contributed by atoms with E-state index in [1.807, 2.05) is 9.58 Å². The van der Waals surface area contributed by atoms with Crippen molar-refractivity contribution >= 4 is 5.91 Å². The number of hydrogen-bond acceptors (Lipinski definition) is 5. The first-order valence-corrected chi connectivity index (χ1v) is 9.17. The fraction of sp³-hybridized carbons (Fsp3) is 0.882. The van der Waals surface area contributed by atoms with Crippen LogP contribution in [0.5, 0.6) is 0 Å². The first-order valence-electron chi connectivity index (χ1n) is 9.17. The molecule has 1 amide bonds. The lowest BCUT2D eigenvalue weighted by Gasteiger charge is -2.35. The number of hydrogen-bond donors (Lipinski definition) is 0. The van der Waals surface area contributed by atoms with Crippen LogP contribution in [-0.2, 0) is 10.3 Å². The molecule has 7 nitrogen and oxygen atoms in total. The van der Waals surface area contributed by atoms with Gasteiger partial charge in [-0.05, 0) is 49.7 Å². The molecule has 1 aromatic heterocycles. The summed E-state index contributed by atoms with van der Waals surface area (Å²) in [5.41, 5.74) is -0.279. The van der Waals surface area contributed by atoms with Gasteiger partial charge in [0.15, 0.2) is 5.82 Å². The molecule has 134 valence electrons. The number of rotatable bonds is 5. The molecule has 1 aromatic rings. The molecule has 0 aromatic carbocycles. The Morgan fingerprint density at radius 2 is 2.04 bits per heavy atom. The Hall–Kier alpha value is -1.50. The topological polar surface area (TPSA) is 67.2 Å². The first kappa shape index (κ1) is 17.3. The van der Waals surface area contributed by atoms with E-state index in [9.17, 15) is 4.79 Å². The number of likely N-dealkylation sites (N-methyl/N-ethyl adjacent to an activating group) is 1. The van der Waals surface area contributed by atoms with E-state index in [0.29, 0.717) is 24.9 Å². The van der Waals surface area contributed by atoms with Crippen LogP contribution in [0.1, 0.15) is 64.2 Å². The van der Waals surface area contributed by atoms with Crippen molar-refractivity contribution < 1.29 is 4.79 Å². The summed E-state index contributed by atoms with van der Waals surface area (Å²) >= 11 is 0. The quantitative estimate of drug-likeness (QED) is 0.822. The molecule has 3 rings (SSSR count). The van der Waals surface area contributed by atoms with Crippen LogP contribution in [0.25, 0.3) is 0 Å². The lowest BCUT2D eigenvalue weighted by atomic mass is 9.95. The minimum Gasteiger partial charge on any atom is -0.340 e. The van der Waals surface area contributed by atoms with Crippen LogP contribution < -0.4 is 0 Å². The minimum absolute atomic E-state index is 0.244. The van der Waals surface area contributed by atoms with Crippen molar-refractivity contribution in [1.82, 2.24) is 30.0 Å². The van der Waals surface area contributed by atoms with E-state index in [0.717, 1.165) is 31.6 Å². The summed E-state index contributed by atoms with van der Waals surface area (Å²) in [6.45, 7) is 5.64. The van der Waals surface area contributed by atoms with Gasteiger partial charge in [0.1, 0.15) is 5.54 Å². The zero-order chi connectivity index (χ0) is 17.3. The number of nitrogens with zero attached hydrogens (tertiary/aromatic N) is 6. The SMILES string of the molecule is CC(C)CC(=O)N1CCC(c2nnnn2C2CCCC2)(N(C)C)C1. The zero-order valence-corrected chi connectivity index (χ0v) is 15.4. The van der Waals surface area contributed by atoms with Crippen LogP contribution in [0.2, 0.25) is 0 Å². The maximum absolute atomic E-state index is 12.5. The number of amides is 1. The van der Waals surface area contributed by atoms with Crippen LogP contribution in [0.15, 0.2) is 0 Å². The molecule has 1 atom stereocenters. The third-order valence-electron chi connectivity index (χ3n) is 5.62. The van der Waals surface area contributed by atoms with Crippen molar-refractivity contribution in [2.75, 3.05) is 27.2 Å². The summed E-state index contributed by atoms with van der Waals surface area (Å²) in [6, 6.07) is 0.409. The Morgan fingerprint density at radius 3 is 2.67 bits per heavy atom. The average Bonchev–Trinajstić information content (AvgIpc) is 3.26. The summed E-state index contributed by atoms with van der Waals surface area (Å²) in [6.07, 6.45) is 6.29. The lowest BCUT2D eigenvalue weighted by molar-refractivity contribution is -0.131. The number of tetrazole rings is 1. The van der Waals surface area contributed by atoms with Crippen LogP contribution in [-0.4, -0.2) is 63.1 Å². The molecule has 0 N–H and O–H groups in total. The Kier molecular flexibility index (Phi) is 4.90. The Labute approximate surface area is 144 Å². The maximum Gasteiger partial charge on any atom is 0.222 e. The molecule has 2 heterocycles. The standard InChI is InChI=1S/C17H30N6O/c1-13(2)11-15(24)22-10-9-17(12-22,21(3)4)16-18-19-20-23(16)14-7-5-6-8-14/h13-14H,5-12H2,1-4H3. The summed E-state index contributed by atoms with van der Waals surface area (Å²) in [5.74, 6) is 1.56. The molecule has 0 bridgehead atoms. The largest absolute Gasteiger partial charge is 0.340 e. The van der Waals surface area contributed by atoms with E-state index in [1.54, 1.807) is 0 Å². The number of carbonyl (C=O) groups excluding carboxylic acids is 1. The summed E-state index contributed by atoms with van der Waals surface area (Å²) in [5, 5.41) is 12.7. The van der Waals surface area contributed by atoms with Crippen LogP contribution in [0.3, 0.4) is 0 Å². The predicted octanol–water partition coefficient (Wildman–Crippen LogP) is 1.82.